The first-order chi connectivity index (χ1) is 13.5. The van der Waals surface area contributed by atoms with Crippen LogP contribution in [0.2, 0.25) is 10.0 Å². The Morgan fingerprint density at radius 1 is 0.964 bits per heavy atom. The molecule has 0 radical (unpaired) electrons. The van der Waals surface area contributed by atoms with Crippen LogP contribution in [0.1, 0.15) is 21.5 Å². The van der Waals surface area contributed by atoms with Gasteiger partial charge in [0.15, 0.2) is 0 Å². The lowest BCUT2D eigenvalue weighted by atomic mass is 10.1. The van der Waals surface area contributed by atoms with E-state index in [0.717, 1.165) is 5.56 Å². The molecule has 3 aromatic rings. The van der Waals surface area contributed by atoms with Gasteiger partial charge in [-0.15, -0.1) is 0 Å². The van der Waals surface area contributed by atoms with Crippen molar-refractivity contribution in [3.8, 4) is 0 Å². The van der Waals surface area contributed by atoms with Crippen molar-refractivity contribution in [2.24, 2.45) is 0 Å². The molecule has 2 amide bonds. The lowest BCUT2D eigenvalue weighted by molar-refractivity contribution is -0.120. The molecule has 0 saturated heterocycles. The zero-order valence-electron chi connectivity index (χ0n) is 14.8. The molecule has 28 heavy (non-hydrogen) atoms. The summed E-state index contributed by atoms with van der Waals surface area (Å²) in [6.07, 6.45) is 3.20. The summed E-state index contributed by atoms with van der Waals surface area (Å²) in [7, 11) is 0. The number of carbonyl (C=O) groups is 2. The van der Waals surface area contributed by atoms with Gasteiger partial charge in [-0.1, -0.05) is 41.4 Å². The van der Waals surface area contributed by atoms with Crippen LogP contribution in [-0.4, -0.2) is 16.8 Å². The SMILES string of the molecule is O=C(Cc1c(Cl)cccc1Cl)NCc1cccc(NC(=O)c2cccnc2)c1. The van der Waals surface area contributed by atoms with Crippen LogP contribution >= 0.6 is 23.2 Å². The first kappa shape index (κ1) is 19.9. The quantitative estimate of drug-likeness (QED) is 0.624. The summed E-state index contributed by atoms with van der Waals surface area (Å²) in [5.41, 5.74) is 2.55. The highest BCUT2D eigenvalue weighted by Gasteiger charge is 2.11. The second-order valence-corrected chi connectivity index (χ2v) is 6.86. The zero-order valence-corrected chi connectivity index (χ0v) is 16.3. The molecule has 0 aliphatic heterocycles. The topological polar surface area (TPSA) is 71.1 Å². The number of hydrogen-bond donors (Lipinski definition) is 2. The number of nitrogens with one attached hydrogen (secondary N) is 2. The monoisotopic (exact) mass is 413 g/mol. The number of nitrogens with zero attached hydrogens (tertiary/aromatic N) is 1. The van der Waals surface area contributed by atoms with E-state index in [1.807, 2.05) is 12.1 Å². The second-order valence-electron chi connectivity index (χ2n) is 6.05. The predicted molar refractivity (Wildman–Crippen MR) is 111 cm³/mol. The highest BCUT2D eigenvalue weighted by Crippen LogP contribution is 2.24. The fraction of sp³-hybridized carbons (Fsp3) is 0.0952. The van der Waals surface area contributed by atoms with Crippen molar-refractivity contribution < 1.29 is 9.59 Å². The Balaban J connectivity index is 1.59. The van der Waals surface area contributed by atoms with E-state index in [1.54, 1.807) is 48.7 Å². The number of anilines is 1. The first-order valence-corrected chi connectivity index (χ1v) is 9.28. The summed E-state index contributed by atoms with van der Waals surface area (Å²) in [6, 6.07) is 15.8. The van der Waals surface area contributed by atoms with E-state index in [1.165, 1.54) is 6.20 Å². The number of amides is 2. The van der Waals surface area contributed by atoms with Gasteiger partial charge in [-0.3, -0.25) is 14.6 Å². The molecule has 2 aromatic carbocycles. The molecule has 0 saturated carbocycles. The molecule has 1 aromatic heterocycles. The van der Waals surface area contributed by atoms with Gasteiger partial charge in [-0.05, 0) is 47.5 Å². The van der Waals surface area contributed by atoms with Gasteiger partial charge in [0.2, 0.25) is 5.91 Å². The number of benzene rings is 2. The number of hydrogen-bond acceptors (Lipinski definition) is 3. The van der Waals surface area contributed by atoms with Crippen molar-refractivity contribution in [3.05, 3.63) is 93.7 Å². The van der Waals surface area contributed by atoms with E-state index in [9.17, 15) is 9.59 Å². The van der Waals surface area contributed by atoms with Crippen LogP contribution in [-0.2, 0) is 17.8 Å². The first-order valence-electron chi connectivity index (χ1n) is 8.53. The van der Waals surface area contributed by atoms with E-state index in [-0.39, 0.29) is 18.2 Å². The number of pyridine rings is 1. The van der Waals surface area contributed by atoms with Crippen LogP contribution in [0.5, 0.6) is 0 Å². The number of aromatic nitrogens is 1. The summed E-state index contributed by atoms with van der Waals surface area (Å²) < 4.78 is 0. The molecule has 0 aliphatic carbocycles. The van der Waals surface area contributed by atoms with Gasteiger partial charge < -0.3 is 10.6 Å². The Hall–Kier alpha value is -2.89. The maximum Gasteiger partial charge on any atom is 0.257 e. The van der Waals surface area contributed by atoms with E-state index in [4.69, 9.17) is 23.2 Å². The molecule has 5 nitrogen and oxygen atoms in total. The van der Waals surface area contributed by atoms with E-state index in [0.29, 0.717) is 33.4 Å². The van der Waals surface area contributed by atoms with E-state index < -0.39 is 0 Å². The van der Waals surface area contributed by atoms with Gasteiger partial charge >= 0.3 is 0 Å². The molecule has 7 heteroatoms. The van der Waals surface area contributed by atoms with Crippen molar-refractivity contribution in [3.63, 3.8) is 0 Å². The Bertz CT molecular complexity index is 974. The smallest absolute Gasteiger partial charge is 0.257 e. The van der Waals surface area contributed by atoms with Crippen LogP contribution in [0, 0.1) is 0 Å². The molecule has 1 heterocycles. The minimum atomic E-state index is -0.248. The third kappa shape index (κ3) is 5.31. The second kappa shape index (κ2) is 9.35. The number of halogens is 2. The van der Waals surface area contributed by atoms with Gasteiger partial charge in [0, 0.05) is 34.7 Å². The van der Waals surface area contributed by atoms with Gasteiger partial charge in [0.05, 0.1) is 12.0 Å². The molecule has 0 bridgehead atoms. The Kier molecular flexibility index (Phi) is 6.63. The highest BCUT2D eigenvalue weighted by molar-refractivity contribution is 6.36. The van der Waals surface area contributed by atoms with Crippen molar-refractivity contribution in [1.29, 1.82) is 0 Å². The summed E-state index contributed by atoms with van der Waals surface area (Å²) >= 11 is 12.2. The van der Waals surface area contributed by atoms with Gasteiger partial charge in [-0.2, -0.15) is 0 Å². The molecule has 2 N–H and O–H groups in total. The van der Waals surface area contributed by atoms with Crippen molar-refractivity contribution >= 4 is 40.7 Å². The summed E-state index contributed by atoms with van der Waals surface area (Å²) in [4.78, 5) is 28.4. The average Bonchev–Trinajstić information content (AvgIpc) is 2.70. The predicted octanol–water partition coefficient (Wildman–Crippen LogP) is 4.50. The summed E-state index contributed by atoms with van der Waals surface area (Å²) in [6.45, 7) is 0.317. The van der Waals surface area contributed by atoms with Gasteiger partial charge in [-0.25, -0.2) is 0 Å². The highest BCUT2D eigenvalue weighted by atomic mass is 35.5. The normalized spacial score (nSPS) is 10.4. The Morgan fingerprint density at radius 2 is 1.71 bits per heavy atom. The zero-order chi connectivity index (χ0) is 19.9. The third-order valence-electron chi connectivity index (χ3n) is 4.00. The Labute approximate surface area is 172 Å². The van der Waals surface area contributed by atoms with Crippen molar-refractivity contribution in [1.82, 2.24) is 10.3 Å². The van der Waals surface area contributed by atoms with Crippen molar-refractivity contribution in [2.45, 2.75) is 13.0 Å². The largest absolute Gasteiger partial charge is 0.352 e. The molecule has 0 fully saturated rings. The van der Waals surface area contributed by atoms with Crippen LogP contribution < -0.4 is 10.6 Å². The molecular weight excluding hydrogens is 397 g/mol. The van der Waals surface area contributed by atoms with Crippen LogP contribution in [0.3, 0.4) is 0 Å². The maximum absolute atomic E-state index is 12.2. The fourth-order valence-corrected chi connectivity index (χ4v) is 3.12. The average molecular weight is 414 g/mol. The van der Waals surface area contributed by atoms with Gasteiger partial charge in [0.1, 0.15) is 0 Å². The number of carbonyl (C=O) groups excluding carboxylic acids is 2. The lowest BCUT2D eigenvalue weighted by Crippen LogP contribution is -2.24. The van der Waals surface area contributed by atoms with Gasteiger partial charge in [0.25, 0.3) is 5.91 Å². The maximum atomic E-state index is 12.2. The molecule has 0 unspecified atom stereocenters. The minimum Gasteiger partial charge on any atom is -0.352 e. The van der Waals surface area contributed by atoms with E-state index >= 15 is 0 Å². The third-order valence-corrected chi connectivity index (χ3v) is 4.71. The standard InChI is InChI=1S/C21H17Cl2N3O2/c22-18-7-2-8-19(23)17(18)11-20(27)25-12-14-4-1-6-16(10-14)26-21(28)15-5-3-9-24-13-15/h1-10,13H,11-12H2,(H,25,27)(H,26,28). The van der Waals surface area contributed by atoms with Crippen molar-refractivity contribution in [2.75, 3.05) is 5.32 Å². The molecular formula is C21H17Cl2N3O2. The summed E-state index contributed by atoms with van der Waals surface area (Å²) in [5, 5.41) is 6.57. The summed E-state index contributed by atoms with van der Waals surface area (Å²) in [5.74, 6) is -0.442. The minimum absolute atomic E-state index is 0.0932. The van der Waals surface area contributed by atoms with Crippen LogP contribution in [0.4, 0.5) is 5.69 Å². The molecule has 0 spiro atoms. The Morgan fingerprint density at radius 3 is 2.43 bits per heavy atom. The molecule has 0 aliphatic rings. The van der Waals surface area contributed by atoms with E-state index in [2.05, 4.69) is 15.6 Å². The molecule has 3 rings (SSSR count). The number of rotatable bonds is 6. The van der Waals surface area contributed by atoms with Crippen LogP contribution in [0.15, 0.2) is 67.0 Å². The van der Waals surface area contributed by atoms with Crippen LogP contribution in [0.25, 0.3) is 0 Å². The molecule has 142 valence electrons. The lowest BCUT2D eigenvalue weighted by Gasteiger charge is -2.10. The fourth-order valence-electron chi connectivity index (χ4n) is 2.58. The molecule has 0 atom stereocenters.